The summed E-state index contributed by atoms with van der Waals surface area (Å²) in [5.41, 5.74) is 0. The molecule has 0 fully saturated rings. The van der Waals surface area contributed by atoms with Crippen LogP contribution in [0.3, 0.4) is 0 Å². The zero-order valence-electron chi connectivity index (χ0n) is 20.4. The van der Waals surface area contributed by atoms with E-state index in [0.29, 0.717) is 0 Å². The van der Waals surface area contributed by atoms with Crippen LogP contribution in [0.25, 0.3) is 0 Å². The fourth-order valence-corrected chi connectivity index (χ4v) is 9.07. The summed E-state index contributed by atoms with van der Waals surface area (Å²) in [7, 11) is -1.68. The van der Waals surface area contributed by atoms with Crippen molar-refractivity contribution in [2.24, 2.45) is 0 Å². The van der Waals surface area contributed by atoms with Crippen molar-refractivity contribution in [3.63, 3.8) is 0 Å². The third kappa shape index (κ3) is 7.24. The Hall–Kier alpha value is -1.99. The molecule has 3 rings (SSSR count). The van der Waals surface area contributed by atoms with Crippen molar-refractivity contribution in [1.82, 2.24) is 0 Å². The van der Waals surface area contributed by atoms with E-state index in [0.717, 1.165) is 19.6 Å². The Labute approximate surface area is 201 Å². The predicted octanol–water partition coefficient (Wildman–Crippen LogP) is 6.72. The summed E-state index contributed by atoms with van der Waals surface area (Å²) in [6.07, 6.45) is 8.36. The number of hydrogen-bond donors (Lipinski definition) is 0. The molecular formula is C30H40O2P+. The van der Waals surface area contributed by atoms with Crippen LogP contribution in [0.5, 0.6) is 0 Å². The van der Waals surface area contributed by atoms with Gasteiger partial charge in [-0.15, -0.1) is 0 Å². The van der Waals surface area contributed by atoms with Crippen LogP contribution in [0.4, 0.5) is 0 Å². The summed E-state index contributed by atoms with van der Waals surface area (Å²) in [6, 6.07) is 33.6. The van der Waals surface area contributed by atoms with Crippen molar-refractivity contribution in [2.45, 2.75) is 58.7 Å². The summed E-state index contributed by atoms with van der Waals surface area (Å²) in [5, 5.41) is 4.45. The molecule has 0 N–H and O–H groups in total. The average Bonchev–Trinajstić information content (AvgIpc) is 2.88. The lowest BCUT2D eigenvalue weighted by Gasteiger charge is -2.27. The Morgan fingerprint density at radius 3 is 1.36 bits per heavy atom. The predicted molar refractivity (Wildman–Crippen MR) is 145 cm³/mol. The number of unbranched alkanes of at least 4 members (excludes halogenated alkanes) is 4. The van der Waals surface area contributed by atoms with Crippen LogP contribution < -0.4 is 15.9 Å². The van der Waals surface area contributed by atoms with Gasteiger partial charge in [-0.3, -0.25) is 0 Å². The Kier molecular flexibility index (Phi) is 11.1. The highest BCUT2D eigenvalue weighted by molar-refractivity contribution is 7.95. The second-order valence-electron chi connectivity index (χ2n) is 8.44. The van der Waals surface area contributed by atoms with Gasteiger partial charge in [0.25, 0.3) is 0 Å². The van der Waals surface area contributed by atoms with E-state index in [1.807, 2.05) is 13.8 Å². The Balaban J connectivity index is 1.69. The molecule has 0 radical (unpaired) electrons. The lowest BCUT2D eigenvalue weighted by Crippen LogP contribution is -2.33. The molecule has 33 heavy (non-hydrogen) atoms. The smallest absolute Gasteiger partial charge is 0.157 e. The van der Waals surface area contributed by atoms with Gasteiger partial charge in [-0.25, -0.2) is 0 Å². The van der Waals surface area contributed by atoms with E-state index >= 15 is 0 Å². The summed E-state index contributed by atoms with van der Waals surface area (Å²) in [6.45, 7) is 5.50. The fraction of sp³-hybridized carbons (Fsp3) is 0.400. The highest BCUT2D eigenvalue weighted by Gasteiger charge is 2.44. The molecule has 0 heterocycles. The van der Waals surface area contributed by atoms with E-state index in [1.165, 1.54) is 54.2 Å². The molecular weight excluding hydrogens is 423 g/mol. The van der Waals surface area contributed by atoms with Gasteiger partial charge in [0, 0.05) is 13.2 Å². The summed E-state index contributed by atoms with van der Waals surface area (Å²) in [5.74, 6) is 0. The molecule has 2 nitrogen and oxygen atoms in total. The maximum absolute atomic E-state index is 5.68. The summed E-state index contributed by atoms with van der Waals surface area (Å²) >= 11 is 0. The Morgan fingerprint density at radius 2 is 0.939 bits per heavy atom. The van der Waals surface area contributed by atoms with Gasteiger partial charge in [-0.2, -0.15) is 0 Å². The first-order chi connectivity index (χ1) is 16.3. The summed E-state index contributed by atoms with van der Waals surface area (Å²) < 4.78 is 11.4. The average molecular weight is 464 g/mol. The molecule has 0 aliphatic rings. The molecule has 0 saturated heterocycles. The van der Waals surface area contributed by atoms with Crippen LogP contribution in [0.1, 0.15) is 52.4 Å². The van der Waals surface area contributed by atoms with Gasteiger partial charge >= 0.3 is 0 Å². The standard InChI is InChI=1S/C30H40O2P/c1-3-31-30(32-4-2)25-17-6-5-7-18-26-33(27-19-11-8-12-20-27,28-21-13-9-14-22-28)29-23-15-10-16-24-29/h8-16,19-24,30H,3-7,17-18,25-26H2,1-2H3/q+1. The molecule has 0 aromatic heterocycles. The molecule has 0 saturated carbocycles. The van der Waals surface area contributed by atoms with E-state index in [-0.39, 0.29) is 6.29 Å². The Bertz CT molecular complexity index is 780. The third-order valence-corrected chi connectivity index (χ3v) is 10.8. The second kappa shape index (κ2) is 14.3. The zero-order valence-corrected chi connectivity index (χ0v) is 21.3. The first-order valence-electron chi connectivity index (χ1n) is 12.6. The molecule has 0 unspecified atom stereocenters. The monoisotopic (exact) mass is 463 g/mol. The number of ether oxygens (including phenoxy) is 2. The van der Waals surface area contributed by atoms with Crippen LogP contribution in [0.2, 0.25) is 0 Å². The molecule has 0 bridgehead atoms. The highest BCUT2D eigenvalue weighted by Crippen LogP contribution is 2.55. The van der Waals surface area contributed by atoms with Gasteiger partial charge in [0.1, 0.15) is 23.2 Å². The third-order valence-electron chi connectivity index (χ3n) is 6.23. The quantitative estimate of drug-likeness (QED) is 0.141. The minimum Gasteiger partial charge on any atom is -0.353 e. The lowest BCUT2D eigenvalue weighted by molar-refractivity contribution is -0.140. The normalized spacial score (nSPS) is 11.7. The maximum atomic E-state index is 5.68. The van der Waals surface area contributed by atoms with E-state index in [2.05, 4.69) is 91.0 Å². The number of benzene rings is 3. The van der Waals surface area contributed by atoms with Crippen molar-refractivity contribution < 1.29 is 9.47 Å². The molecule has 3 aromatic rings. The first kappa shape index (κ1) is 25.6. The lowest BCUT2D eigenvalue weighted by atomic mass is 10.1. The van der Waals surface area contributed by atoms with Crippen molar-refractivity contribution in [3.8, 4) is 0 Å². The molecule has 0 amide bonds. The highest BCUT2D eigenvalue weighted by atomic mass is 31.2. The fourth-order valence-electron chi connectivity index (χ4n) is 4.66. The molecule has 0 aliphatic carbocycles. The topological polar surface area (TPSA) is 18.5 Å². The van der Waals surface area contributed by atoms with Crippen LogP contribution >= 0.6 is 7.26 Å². The maximum Gasteiger partial charge on any atom is 0.157 e. The van der Waals surface area contributed by atoms with Crippen LogP contribution in [-0.4, -0.2) is 25.7 Å². The largest absolute Gasteiger partial charge is 0.353 e. The molecule has 3 aromatic carbocycles. The zero-order chi connectivity index (χ0) is 23.2. The van der Waals surface area contributed by atoms with Gasteiger partial charge in [0.2, 0.25) is 0 Å². The van der Waals surface area contributed by atoms with Crippen LogP contribution in [0.15, 0.2) is 91.0 Å². The molecule has 0 aliphatic heterocycles. The second-order valence-corrected chi connectivity index (χ2v) is 12.1. The molecule has 3 heteroatoms. The van der Waals surface area contributed by atoms with E-state index in [4.69, 9.17) is 9.47 Å². The van der Waals surface area contributed by atoms with Crippen LogP contribution in [-0.2, 0) is 9.47 Å². The molecule has 176 valence electrons. The van der Waals surface area contributed by atoms with Gasteiger partial charge in [0.15, 0.2) is 6.29 Å². The number of hydrogen-bond acceptors (Lipinski definition) is 2. The first-order valence-corrected chi connectivity index (χ1v) is 14.6. The van der Waals surface area contributed by atoms with Gasteiger partial charge < -0.3 is 9.47 Å². The van der Waals surface area contributed by atoms with Gasteiger partial charge in [-0.05, 0) is 75.9 Å². The van der Waals surface area contributed by atoms with E-state index in [1.54, 1.807) is 0 Å². The van der Waals surface area contributed by atoms with Crippen molar-refractivity contribution in [1.29, 1.82) is 0 Å². The van der Waals surface area contributed by atoms with Crippen molar-refractivity contribution >= 4 is 23.2 Å². The van der Waals surface area contributed by atoms with Crippen molar-refractivity contribution in [2.75, 3.05) is 19.4 Å². The molecule has 0 atom stereocenters. The van der Waals surface area contributed by atoms with E-state index < -0.39 is 7.26 Å². The minimum absolute atomic E-state index is 0.0344. The van der Waals surface area contributed by atoms with Crippen LogP contribution in [0, 0.1) is 0 Å². The van der Waals surface area contributed by atoms with Crippen molar-refractivity contribution in [3.05, 3.63) is 91.0 Å². The summed E-state index contributed by atoms with van der Waals surface area (Å²) in [4.78, 5) is 0. The SMILES string of the molecule is CCOC(CCCCCCC[P+](c1ccccc1)(c1ccccc1)c1ccccc1)OCC. The minimum atomic E-state index is -1.68. The number of rotatable bonds is 15. The Morgan fingerprint density at radius 1 is 0.545 bits per heavy atom. The van der Waals surface area contributed by atoms with Gasteiger partial charge in [-0.1, -0.05) is 67.4 Å². The van der Waals surface area contributed by atoms with Gasteiger partial charge in [0.05, 0.1) is 6.16 Å². The van der Waals surface area contributed by atoms with E-state index in [9.17, 15) is 0 Å². The molecule has 0 spiro atoms.